The number of aromatic nitrogens is 1. The number of para-hydroxylation sites is 1. The first-order valence-corrected chi connectivity index (χ1v) is 10.2. The quantitative estimate of drug-likeness (QED) is 0.524. The van der Waals surface area contributed by atoms with Crippen LogP contribution in [0.4, 0.5) is 5.69 Å². The third-order valence-electron chi connectivity index (χ3n) is 6.17. The molecule has 0 fully saturated rings. The molecule has 2 aliphatic heterocycles. The maximum absolute atomic E-state index is 5.73. The van der Waals surface area contributed by atoms with Crippen molar-refractivity contribution in [1.82, 2.24) is 4.98 Å². The third-order valence-corrected chi connectivity index (χ3v) is 6.17. The van der Waals surface area contributed by atoms with Gasteiger partial charge in [-0.3, -0.25) is 0 Å². The molecule has 3 heterocycles. The van der Waals surface area contributed by atoms with Crippen LogP contribution in [0.15, 0.2) is 66.9 Å². The van der Waals surface area contributed by atoms with Crippen molar-refractivity contribution in [3.05, 3.63) is 83.6 Å². The standard InChI is InChI=1S/C25H22N2O3/c1-28-18-7-8-22-20(12-18)21(14-26-22)25-19-13-24-23(29-15-30-24)11-16(19)9-10-27(25)17-5-3-2-4-6-17/h2-8,11-14,25-26H,9-10,15H2,1H3. The second kappa shape index (κ2) is 6.73. The predicted octanol–water partition coefficient (Wildman–Crippen LogP) is 5.06. The van der Waals surface area contributed by atoms with Crippen LogP contribution in [-0.2, 0) is 6.42 Å². The van der Waals surface area contributed by atoms with E-state index < -0.39 is 0 Å². The Balaban J connectivity index is 1.58. The van der Waals surface area contributed by atoms with Crippen LogP contribution in [0, 0.1) is 0 Å². The minimum Gasteiger partial charge on any atom is -0.497 e. The number of ether oxygens (including phenoxy) is 3. The van der Waals surface area contributed by atoms with E-state index in [0.29, 0.717) is 0 Å². The topological polar surface area (TPSA) is 46.7 Å². The van der Waals surface area contributed by atoms with Crippen LogP contribution in [0.2, 0.25) is 0 Å². The van der Waals surface area contributed by atoms with Crippen molar-refractivity contribution >= 4 is 16.6 Å². The number of benzene rings is 3. The summed E-state index contributed by atoms with van der Waals surface area (Å²) in [6, 6.07) is 21.2. The molecule has 3 aromatic carbocycles. The number of methoxy groups -OCH3 is 1. The number of anilines is 1. The third kappa shape index (κ3) is 2.62. The van der Waals surface area contributed by atoms with Crippen LogP contribution in [0.25, 0.3) is 10.9 Å². The summed E-state index contributed by atoms with van der Waals surface area (Å²) in [5.41, 5.74) is 6.12. The van der Waals surface area contributed by atoms with Crippen LogP contribution < -0.4 is 19.1 Å². The molecule has 0 aliphatic carbocycles. The van der Waals surface area contributed by atoms with E-state index in [-0.39, 0.29) is 12.8 Å². The number of fused-ring (bicyclic) bond motifs is 3. The first-order valence-electron chi connectivity index (χ1n) is 10.2. The molecule has 0 spiro atoms. The summed E-state index contributed by atoms with van der Waals surface area (Å²) in [4.78, 5) is 5.93. The predicted molar refractivity (Wildman–Crippen MR) is 117 cm³/mol. The average Bonchev–Trinajstić information content (AvgIpc) is 3.43. The van der Waals surface area contributed by atoms with Crippen molar-refractivity contribution in [1.29, 1.82) is 0 Å². The van der Waals surface area contributed by atoms with E-state index in [1.54, 1.807) is 7.11 Å². The lowest BCUT2D eigenvalue weighted by Crippen LogP contribution is -2.36. The van der Waals surface area contributed by atoms with Crippen molar-refractivity contribution in [2.24, 2.45) is 0 Å². The van der Waals surface area contributed by atoms with Gasteiger partial charge < -0.3 is 24.1 Å². The first kappa shape index (κ1) is 17.3. The highest BCUT2D eigenvalue weighted by atomic mass is 16.7. The lowest BCUT2D eigenvalue weighted by atomic mass is 9.87. The molecule has 1 aromatic heterocycles. The lowest BCUT2D eigenvalue weighted by Gasteiger charge is -2.39. The zero-order valence-corrected chi connectivity index (χ0v) is 16.7. The zero-order chi connectivity index (χ0) is 20.1. The van der Waals surface area contributed by atoms with Crippen molar-refractivity contribution < 1.29 is 14.2 Å². The van der Waals surface area contributed by atoms with Gasteiger partial charge in [-0.2, -0.15) is 0 Å². The fourth-order valence-corrected chi connectivity index (χ4v) is 4.72. The molecule has 1 N–H and O–H groups in total. The number of hydrogen-bond acceptors (Lipinski definition) is 4. The summed E-state index contributed by atoms with van der Waals surface area (Å²) >= 11 is 0. The van der Waals surface area contributed by atoms with Gasteiger partial charge in [0.1, 0.15) is 5.75 Å². The fourth-order valence-electron chi connectivity index (χ4n) is 4.72. The summed E-state index contributed by atoms with van der Waals surface area (Å²) < 4.78 is 16.9. The Hall–Kier alpha value is -3.60. The Bertz CT molecular complexity index is 1230. The van der Waals surface area contributed by atoms with Crippen LogP contribution >= 0.6 is 0 Å². The average molecular weight is 398 g/mol. The molecule has 0 bridgehead atoms. The molecule has 0 radical (unpaired) electrons. The van der Waals surface area contributed by atoms with E-state index in [9.17, 15) is 0 Å². The maximum atomic E-state index is 5.73. The molecule has 6 rings (SSSR count). The van der Waals surface area contributed by atoms with Crippen LogP contribution in [0.5, 0.6) is 17.2 Å². The van der Waals surface area contributed by atoms with E-state index >= 15 is 0 Å². The van der Waals surface area contributed by atoms with E-state index in [1.165, 1.54) is 27.8 Å². The van der Waals surface area contributed by atoms with Crippen LogP contribution in [-0.4, -0.2) is 25.4 Å². The molecular formula is C25H22N2O3. The zero-order valence-electron chi connectivity index (χ0n) is 16.7. The Morgan fingerprint density at radius 1 is 0.967 bits per heavy atom. The summed E-state index contributed by atoms with van der Waals surface area (Å²) in [7, 11) is 1.71. The Labute approximate surface area is 174 Å². The van der Waals surface area contributed by atoms with Gasteiger partial charge in [0.05, 0.1) is 13.2 Å². The van der Waals surface area contributed by atoms with Crippen LogP contribution in [0.3, 0.4) is 0 Å². The van der Waals surface area contributed by atoms with Gasteiger partial charge in [0.15, 0.2) is 11.5 Å². The summed E-state index contributed by atoms with van der Waals surface area (Å²) in [5.74, 6) is 2.53. The molecule has 150 valence electrons. The van der Waals surface area contributed by atoms with Gasteiger partial charge in [0.25, 0.3) is 0 Å². The molecule has 5 heteroatoms. The molecule has 1 unspecified atom stereocenters. The number of hydrogen-bond donors (Lipinski definition) is 1. The normalized spacial score (nSPS) is 17.2. The second-order valence-corrected chi connectivity index (χ2v) is 7.74. The maximum Gasteiger partial charge on any atom is 0.231 e. The Morgan fingerprint density at radius 2 is 1.80 bits per heavy atom. The van der Waals surface area contributed by atoms with E-state index in [4.69, 9.17) is 14.2 Å². The number of aromatic amines is 1. The molecule has 0 amide bonds. The number of H-pyrrole nitrogens is 1. The molecule has 0 saturated carbocycles. The SMILES string of the molecule is COc1ccc2[nH]cc(C3c4cc5c(cc4CCN3c3ccccc3)OCO5)c2c1. The molecule has 1 atom stereocenters. The molecule has 5 nitrogen and oxygen atoms in total. The number of nitrogens with one attached hydrogen (secondary N) is 1. The minimum atomic E-state index is 0.0616. The van der Waals surface area contributed by atoms with E-state index in [2.05, 4.69) is 70.7 Å². The minimum absolute atomic E-state index is 0.0616. The Morgan fingerprint density at radius 3 is 2.63 bits per heavy atom. The van der Waals surface area contributed by atoms with Gasteiger partial charge in [-0.05, 0) is 60.0 Å². The van der Waals surface area contributed by atoms with E-state index in [1.807, 2.05) is 6.07 Å². The largest absolute Gasteiger partial charge is 0.497 e. The van der Waals surface area contributed by atoms with Gasteiger partial charge in [-0.25, -0.2) is 0 Å². The second-order valence-electron chi connectivity index (χ2n) is 7.74. The molecule has 30 heavy (non-hydrogen) atoms. The van der Waals surface area contributed by atoms with Gasteiger partial charge in [-0.15, -0.1) is 0 Å². The van der Waals surface area contributed by atoms with Crippen molar-refractivity contribution in [3.63, 3.8) is 0 Å². The molecule has 2 aliphatic rings. The lowest BCUT2D eigenvalue weighted by molar-refractivity contribution is 0.174. The smallest absolute Gasteiger partial charge is 0.231 e. The number of nitrogens with zero attached hydrogens (tertiary/aromatic N) is 1. The summed E-state index contributed by atoms with van der Waals surface area (Å²) in [6.07, 6.45) is 3.09. The van der Waals surface area contributed by atoms with Crippen molar-refractivity contribution in [2.45, 2.75) is 12.5 Å². The molecular weight excluding hydrogens is 376 g/mol. The molecule has 4 aromatic rings. The highest BCUT2D eigenvalue weighted by Gasteiger charge is 2.33. The molecule has 0 saturated heterocycles. The van der Waals surface area contributed by atoms with Crippen molar-refractivity contribution in [2.75, 3.05) is 25.3 Å². The van der Waals surface area contributed by atoms with E-state index in [0.717, 1.165) is 35.7 Å². The highest BCUT2D eigenvalue weighted by molar-refractivity contribution is 5.86. The first-order chi connectivity index (χ1) is 14.8. The van der Waals surface area contributed by atoms with Crippen LogP contribution in [0.1, 0.15) is 22.7 Å². The highest BCUT2D eigenvalue weighted by Crippen LogP contribution is 2.45. The summed E-state index contributed by atoms with van der Waals surface area (Å²) in [6.45, 7) is 1.22. The van der Waals surface area contributed by atoms with Crippen molar-refractivity contribution in [3.8, 4) is 17.2 Å². The monoisotopic (exact) mass is 398 g/mol. The fraction of sp³-hybridized carbons (Fsp3) is 0.200. The van der Waals surface area contributed by atoms with Gasteiger partial charge >= 0.3 is 0 Å². The Kier molecular flexibility index (Phi) is 3.88. The van der Waals surface area contributed by atoms with Gasteiger partial charge in [0, 0.05) is 34.9 Å². The van der Waals surface area contributed by atoms with Gasteiger partial charge in [0.2, 0.25) is 6.79 Å². The number of rotatable bonds is 3. The summed E-state index contributed by atoms with van der Waals surface area (Å²) in [5, 5.41) is 1.17. The van der Waals surface area contributed by atoms with Gasteiger partial charge in [-0.1, -0.05) is 18.2 Å².